The maximum atomic E-state index is 5.30. The van der Waals surface area contributed by atoms with Crippen LogP contribution >= 0.6 is 0 Å². The molecule has 0 aliphatic heterocycles. The topological polar surface area (TPSA) is 51.8 Å². The minimum Gasteiger partial charge on any atom is -0.334 e. The molecule has 3 aromatic rings. The van der Waals surface area contributed by atoms with Gasteiger partial charge < -0.3 is 4.52 Å². The van der Waals surface area contributed by atoms with E-state index in [1.54, 1.807) is 12.4 Å². The van der Waals surface area contributed by atoms with Crippen LogP contribution in [0.3, 0.4) is 0 Å². The Morgan fingerprint density at radius 1 is 1.00 bits per heavy atom. The quantitative estimate of drug-likeness (QED) is 0.687. The Balaban J connectivity index is 2.03. The van der Waals surface area contributed by atoms with E-state index in [0.29, 0.717) is 11.7 Å². The molecule has 0 fully saturated rings. The van der Waals surface area contributed by atoms with Gasteiger partial charge in [0, 0.05) is 23.5 Å². The van der Waals surface area contributed by atoms with Gasteiger partial charge in [-0.25, -0.2) is 0 Å². The number of benzene rings is 1. The van der Waals surface area contributed by atoms with E-state index in [-0.39, 0.29) is 0 Å². The van der Waals surface area contributed by atoms with E-state index in [1.807, 2.05) is 43.3 Å². The van der Waals surface area contributed by atoms with E-state index in [1.165, 1.54) is 0 Å². The molecule has 0 amide bonds. The Morgan fingerprint density at radius 2 is 1.78 bits per heavy atom. The molecule has 3 rings (SSSR count). The van der Waals surface area contributed by atoms with E-state index in [9.17, 15) is 0 Å². The molecule has 0 aliphatic carbocycles. The van der Waals surface area contributed by atoms with Gasteiger partial charge in [-0.3, -0.25) is 4.98 Å². The first-order valence-electron chi connectivity index (χ1n) is 5.65. The standard InChI is InChI=1S/C14H11N3O/c1-10-4-2-3-5-12(10)14-16-13(17-18-14)11-6-8-15-9-7-11/h2-9H,1H3. The van der Waals surface area contributed by atoms with E-state index in [0.717, 1.165) is 16.7 Å². The highest BCUT2D eigenvalue weighted by molar-refractivity contribution is 5.61. The first-order valence-corrected chi connectivity index (χ1v) is 5.65. The number of hydrogen-bond donors (Lipinski definition) is 0. The molecular formula is C14H11N3O. The summed E-state index contributed by atoms with van der Waals surface area (Å²) in [6.45, 7) is 2.02. The second-order valence-corrected chi connectivity index (χ2v) is 3.97. The zero-order valence-electron chi connectivity index (χ0n) is 9.87. The zero-order chi connectivity index (χ0) is 12.4. The van der Waals surface area contributed by atoms with Crippen molar-refractivity contribution in [2.75, 3.05) is 0 Å². The molecule has 2 aromatic heterocycles. The van der Waals surface area contributed by atoms with Crippen molar-refractivity contribution in [3.8, 4) is 22.8 Å². The minimum absolute atomic E-state index is 0.542. The maximum absolute atomic E-state index is 5.30. The van der Waals surface area contributed by atoms with E-state index in [2.05, 4.69) is 15.1 Å². The fourth-order valence-electron chi connectivity index (χ4n) is 1.76. The number of aromatic nitrogens is 3. The third kappa shape index (κ3) is 1.88. The van der Waals surface area contributed by atoms with Crippen LogP contribution in [0, 0.1) is 6.92 Å². The average molecular weight is 237 g/mol. The Bertz CT molecular complexity index is 662. The predicted molar refractivity (Wildman–Crippen MR) is 67.7 cm³/mol. The monoisotopic (exact) mass is 237 g/mol. The van der Waals surface area contributed by atoms with Gasteiger partial charge >= 0.3 is 0 Å². The summed E-state index contributed by atoms with van der Waals surface area (Å²) in [5, 5.41) is 3.99. The second kappa shape index (κ2) is 4.41. The Labute approximate surface area is 104 Å². The smallest absolute Gasteiger partial charge is 0.258 e. The third-order valence-electron chi connectivity index (χ3n) is 2.74. The van der Waals surface area contributed by atoms with Crippen molar-refractivity contribution in [3.05, 3.63) is 54.4 Å². The first kappa shape index (κ1) is 10.7. The molecule has 0 N–H and O–H groups in total. The molecule has 0 unspecified atom stereocenters. The van der Waals surface area contributed by atoms with E-state index < -0.39 is 0 Å². The summed E-state index contributed by atoms with van der Waals surface area (Å²) in [6, 6.07) is 11.6. The summed E-state index contributed by atoms with van der Waals surface area (Å²) in [7, 11) is 0. The summed E-state index contributed by atoms with van der Waals surface area (Å²) >= 11 is 0. The molecule has 4 nitrogen and oxygen atoms in total. The lowest BCUT2D eigenvalue weighted by Gasteiger charge is -1.97. The fourth-order valence-corrected chi connectivity index (χ4v) is 1.76. The molecule has 0 saturated carbocycles. The van der Waals surface area contributed by atoms with Gasteiger partial charge in [0.15, 0.2) is 0 Å². The lowest BCUT2D eigenvalue weighted by Crippen LogP contribution is -1.83. The van der Waals surface area contributed by atoms with Gasteiger partial charge in [0.1, 0.15) is 0 Å². The Hall–Kier alpha value is -2.49. The van der Waals surface area contributed by atoms with Crippen LogP contribution < -0.4 is 0 Å². The number of hydrogen-bond acceptors (Lipinski definition) is 4. The molecule has 88 valence electrons. The van der Waals surface area contributed by atoms with Gasteiger partial charge in [0.25, 0.3) is 5.89 Å². The molecule has 0 bridgehead atoms. The van der Waals surface area contributed by atoms with Crippen LogP contribution in [0.15, 0.2) is 53.3 Å². The van der Waals surface area contributed by atoms with Crippen molar-refractivity contribution in [1.29, 1.82) is 0 Å². The summed E-state index contributed by atoms with van der Waals surface area (Å²) in [4.78, 5) is 8.37. The van der Waals surface area contributed by atoms with Gasteiger partial charge in [-0.15, -0.1) is 0 Å². The molecular weight excluding hydrogens is 226 g/mol. The van der Waals surface area contributed by atoms with Crippen molar-refractivity contribution in [2.45, 2.75) is 6.92 Å². The molecule has 18 heavy (non-hydrogen) atoms. The van der Waals surface area contributed by atoms with Gasteiger partial charge in [-0.05, 0) is 30.7 Å². The summed E-state index contributed by atoms with van der Waals surface area (Å²) in [6.07, 6.45) is 3.41. The van der Waals surface area contributed by atoms with Crippen molar-refractivity contribution < 1.29 is 4.52 Å². The zero-order valence-corrected chi connectivity index (χ0v) is 9.87. The third-order valence-corrected chi connectivity index (χ3v) is 2.74. The molecule has 0 atom stereocenters. The predicted octanol–water partition coefficient (Wildman–Crippen LogP) is 3.11. The van der Waals surface area contributed by atoms with Crippen LogP contribution in [-0.4, -0.2) is 15.1 Å². The molecule has 1 aromatic carbocycles. The molecule has 0 radical (unpaired) electrons. The van der Waals surface area contributed by atoms with E-state index in [4.69, 9.17) is 4.52 Å². The van der Waals surface area contributed by atoms with Crippen LogP contribution in [0.2, 0.25) is 0 Å². The van der Waals surface area contributed by atoms with Gasteiger partial charge in [0.2, 0.25) is 5.82 Å². The largest absolute Gasteiger partial charge is 0.334 e. The Morgan fingerprint density at radius 3 is 2.56 bits per heavy atom. The van der Waals surface area contributed by atoms with Crippen LogP contribution in [0.4, 0.5) is 0 Å². The van der Waals surface area contributed by atoms with Crippen LogP contribution in [0.1, 0.15) is 5.56 Å². The average Bonchev–Trinajstić information content (AvgIpc) is 2.90. The molecule has 0 saturated heterocycles. The second-order valence-electron chi connectivity index (χ2n) is 3.97. The van der Waals surface area contributed by atoms with Crippen molar-refractivity contribution in [2.24, 2.45) is 0 Å². The van der Waals surface area contributed by atoms with Gasteiger partial charge in [-0.1, -0.05) is 23.4 Å². The first-order chi connectivity index (χ1) is 8.84. The number of nitrogens with zero attached hydrogens (tertiary/aromatic N) is 3. The SMILES string of the molecule is Cc1ccccc1-c1nc(-c2ccncc2)no1. The summed E-state index contributed by atoms with van der Waals surface area (Å²) in [5.41, 5.74) is 2.97. The number of rotatable bonds is 2. The normalized spacial score (nSPS) is 10.5. The van der Waals surface area contributed by atoms with Gasteiger partial charge in [-0.2, -0.15) is 4.98 Å². The molecule has 4 heteroatoms. The molecule has 2 heterocycles. The van der Waals surface area contributed by atoms with Crippen molar-refractivity contribution in [1.82, 2.24) is 15.1 Å². The van der Waals surface area contributed by atoms with E-state index >= 15 is 0 Å². The highest BCUT2D eigenvalue weighted by atomic mass is 16.5. The van der Waals surface area contributed by atoms with Crippen molar-refractivity contribution in [3.63, 3.8) is 0 Å². The lowest BCUT2D eigenvalue weighted by atomic mass is 10.1. The van der Waals surface area contributed by atoms with Crippen LogP contribution in [0.25, 0.3) is 22.8 Å². The summed E-state index contributed by atoms with van der Waals surface area (Å²) < 4.78 is 5.30. The molecule has 0 spiro atoms. The highest BCUT2D eigenvalue weighted by Gasteiger charge is 2.11. The Kier molecular flexibility index (Phi) is 2.61. The lowest BCUT2D eigenvalue weighted by molar-refractivity contribution is 0.432. The number of pyridine rings is 1. The van der Waals surface area contributed by atoms with Crippen LogP contribution in [-0.2, 0) is 0 Å². The maximum Gasteiger partial charge on any atom is 0.258 e. The fraction of sp³-hybridized carbons (Fsp3) is 0.0714. The van der Waals surface area contributed by atoms with Gasteiger partial charge in [0.05, 0.1) is 0 Å². The highest BCUT2D eigenvalue weighted by Crippen LogP contribution is 2.24. The van der Waals surface area contributed by atoms with Crippen LogP contribution in [0.5, 0.6) is 0 Å². The van der Waals surface area contributed by atoms with Crippen molar-refractivity contribution >= 4 is 0 Å². The number of aryl methyl sites for hydroxylation is 1. The minimum atomic E-state index is 0.542. The summed E-state index contributed by atoms with van der Waals surface area (Å²) in [5.74, 6) is 1.12. The molecule has 0 aliphatic rings.